The summed E-state index contributed by atoms with van der Waals surface area (Å²) in [6, 6.07) is 14.6. The fourth-order valence-electron chi connectivity index (χ4n) is 4.66. The van der Waals surface area contributed by atoms with Gasteiger partial charge in [-0.15, -0.1) is 0 Å². The zero-order chi connectivity index (χ0) is 24.6. The van der Waals surface area contributed by atoms with Crippen molar-refractivity contribution in [1.29, 1.82) is 0 Å². The zero-order valence-electron chi connectivity index (χ0n) is 19.9. The summed E-state index contributed by atoms with van der Waals surface area (Å²) in [7, 11) is 0. The molecule has 1 aliphatic carbocycles. The third-order valence-corrected chi connectivity index (χ3v) is 6.74. The smallest absolute Gasteiger partial charge is 0.306 e. The van der Waals surface area contributed by atoms with Crippen LogP contribution in [0.15, 0.2) is 48.5 Å². The van der Waals surface area contributed by atoms with Gasteiger partial charge in [0.1, 0.15) is 5.75 Å². The van der Waals surface area contributed by atoms with Gasteiger partial charge >= 0.3 is 5.97 Å². The van der Waals surface area contributed by atoms with Crippen molar-refractivity contribution in [3.8, 4) is 5.75 Å². The highest BCUT2D eigenvalue weighted by molar-refractivity contribution is 5.95. The lowest BCUT2D eigenvalue weighted by atomic mass is 9.87. The van der Waals surface area contributed by atoms with Gasteiger partial charge in [-0.1, -0.05) is 0 Å². The van der Waals surface area contributed by atoms with Gasteiger partial charge in [-0.2, -0.15) is 0 Å². The minimum absolute atomic E-state index is 0.00492. The zero-order valence-corrected chi connectivity index (χ0v) is 19.9. The Labute approximate surface area is 205 Å². The van der Waals surface area contributed by atoms with Gasteiger partial charge in [-0.05, 0) is 87.1 Å². The molecule has 8 nitrogen and oxygen atoms in total. The Kier molecular flexibility index (Phi) is 8.23. The van der Waals surface area contributed by atoms with E-state index in [0.29, 0.717) is 55.6 Å². The molecule has 186 valence electrons. The molecular weight excluding hydrogens is 446 g/mol. The number of carboxylic acids is 1. The minimum atomic E-state index is -0.732. The molecule has 0 aromatic heterocycles. The summed E-state index contributed by atoms with van der Waals surface area (Å²) in [6.45, 7) is 2.78. The summed E-state index contributed by atoms with van der Waals surface area (Å²) in [4.78, 5) is 38.1. The minimum Gasteiger partial charge on any atom is -0.490 e. The second kappa shape index (κ2) is 11.7. The van der Waals surface area contributed by atoms with Crippen LogP contribution < -0.4 is 20.3 Å². The predicted octanol–water partition coefficient (Wildman–Crippen LogP) is 3.47. The summed E-state index contributed by atoms with van der Waals surface area (Å²) in [5, 5.41) is 14.7. The molecule has 2 fully saturated rings. The van der Waals surface area contributed by atoms with Crippen molar-refractivity contribution in [2.75, 3.05) is 31.1 Å². The van der Waals surface area contributed by atoms with Crippen molar-refractivity contribution in [2.24, 2.45) is 5.92 Å². The molecule has 3 N–H and O–H groups in total. The lowest BCUT2D eigenvalue weighted by Gasteiger charge is -2.26. The number of carboxylic acid groups (broad SMARTS) is 1. The quantitative estimate of drug-likeness (QED) is 0.476. The van der Waals surface area contributed by atoms with E-state index in [1.165, 1.54) is 12.8 Å². The number of benzene rings is 2. The van der Waals surface area contributed by atoms with Gasteiger partial charge in [0.25, 0.3) is 11.8 Å². The second-order valence-corrected chi connectivity index (χ2v) is 9.21. The molecule has 2 aliphatic rings. The van der Waals surface area contributed by atoms with Crippen LogP contribution in [0.1, 0.15) is 59.2 Å². The molecule has 0 atom stereocenters. The first-order chi connectivity index (χ1) is 17.0. The summed E-state index contributed by atoms with van der Waals surface area (Å²) in [6.07, 6.45) is 5.11. The maximum absolute atomic E-state index is 12.4. The van der Waals surface area contributed by atoms with Gasteiger partial charge in [0.05, 0.1) is 12.0 Å². The van der Waals surface area contributed by atoms with Crippen molar-refractivity contribution in [2.45, 2.75) is 44.6 Å². The van der Waals surface area contributed by atoms with Gasteiger partial charge in [0.15, 0.2) is 0 Å². The number of ether oxygens (including phenoxy) is 1. The largest absolute Gasteiger partial charge is 0.490 e. The average molecular weight is 480 g/mol. The van der Waals surface area contributed by atoms with E-state index in [0.717, 1.165) is 18.8 Å². The summed E-state index contributed by atoms with van der Waals surface area (Å²) in [5.41, 5.74) is 2.26. The first-order valence-electron chi connectivity index (χ1n) is 12.4. The lowest BCUT2D eigenvalue weighted by Crippen LogP contribution is -2.34. The predicted molar refractivity (Wildman–Crippen MR) is 133 cm³/mol. The third-order valence-electron chi connectivity index (χ3n) is 6.74. The maximum Gasteiger partial charge on any atom is 0.306 e. The van der Waals surface area contributed by atoms with E-state index in [2.05, 4.69) is 15.5 Å². The van der Waals surface area contributed by atoms with E-state index in [1.54, 1.807) is 24.3 Å². The molecule has 0 radical (unpaired) electrons. The fraction of sp³-hybridized carbons (Fsp3) is 0.444. The lowest BCUT2D eigenvalue weighted by molar-refractivity contribution is -0.143. The number of aliphatic carboxylic acids is 1. The number of nitrogens with one attached hydrogen (secondary N) is 2. The Hall–Kier alpha value is -3.55. The topological polar surface area (TPSA) is 108 Å². The number of nitrogens with zero attached hydrogens (tertiary/aromatic N) is 1. The number of rotatable bonds is 9. The first kappa shape index (κ1) is 24.6. The molecule has 0 bridgehead atoms. The van der Waals surface area contributed by atoms with Crippen LogP contribution in [0.3, 0.4) is 0 Å². The number of hydrogen-bond acceptors (Lipinski definition) is 5. The SMILES string of the molecule is O=C(NCCNC(=O)c1ccc(N2CCCC2)cc1)c1ccc(OC2CCC(C(=O)O)CC2)cc1. The standard InChI is InChI=1S/C27H33N3O5/c31-25(19-3-9-22(10-4-19)30-17-1-2-18-30)28-15-16-29-26(32)20-5-11-23(12-6-20)35-24-13-7-21(8-14-24)27(33)34/h3-6,9-12,21,24H,1-2,7-8,13-18H2,(H,28,31)(H,29,32)(H,33,34). The number of amides is 2. The maximum atomic E-state index is 12.4. The molecule has 2 aromatic rings. The van der Waals surface area contributed by atoms with Crippen LogP contribution in [-0.2, 0) is 4.79 Å². The molecule has 0 unspecified atom stereocenters. The van der Waals surface area contributed by atoms with Crippen LogP contribution in [0, 0.1) is 5.92 Å². The molecule has 35 heavy (non-hydrogen) atoms. The molecule has 1 saturated heterocycles. The van der Waals surface area contributed by atoms with Crippen molar-refractivity contribution in [3.05, 3.63) is 59.7 Å². The highest BCUT2D eigenvalue weighted by Gasteiger charge is 2.26. The molecule has 1 aliphatic heterocycles. The highest BCUT2D eigenvalue weighted by atomic mass is 16.5. The van der Waals surface area contributed by atoms with Crippen LogP contribution in [0.4, 0.5) is 5.69 Å². The Bertz CT molecular complexity index is 1010. The Balaban J connectivity index is 1.15. The number of carbonyl (C=O) groups excluding carboxylic acids is 2. The van der Waals surface area contributed by atoms with Crippen LogP contribution in [0.25, 0.3) is 0 Å². The molecule has 1 heterocycles. The summed E-state index contributed by atoms with van der Waals surface area (Å²) < 4.78 is 5.95. The molecular formula is C27H33N3O5. The van der Waals surface area contributed by atoms with Crippen LogP contribution in [0.5, 0.6) is 5.75 Å². The van der Waals surface area contributed by atoms with Gasteiger partial charge in [0.2, 0.25) is 0 Å². The van der Waals surface area contributed by atoms with E-state index in [9.17, 15) is 14.4 Å². The first-order valence-corrected chi connectivity index (χ1v) is 12.4. The fourth-order valence-corrected chi connectivity index (χ4v) is 4.66. The number of anilines is 1. The van der Waals surface area contributed by atoms with E-state index in [1.807, 2.05) is 24.3 Å². The second-order valence-electron chi connectivity index (χ2n) is 9.21. The van der Waals surface area contributed by atoms with Crippen molar-refractivity contribution in [1.82, 2.24) is 10.6 Å². The number of carbonyl (C=O) groups is 3. The van der Waals surface area contributed by atoms with Crippen molar-refractivity contribution < 1.29 is 24.2 Å². The molecule has 2 amide bonds. The Morgan fingerprint density at radius 1 is 0.800 bits per heavy atom. The van der Waals surface area contributed by atoms with Crippen molar-refractivity contribution >= 4 is 23.5 Å². The normalized spacial score (nSPS) is 19.7. The number of hydrogen-bond donors (Lipinski definition) is 3. The van der Waals surface area contributed by atoms with E-state index >= 15 is 0 Å². The Morgan fingerprint density at radius 3 is 1.83 bits per heavy atom. The molecule has 1 saturated carbocycles. The Morgan fingerprint density at radius 2 is 1.31 bits per heavy atom. The molecule has 2 aromatic carbocycles. The van der Waals surface area contributed by atoms with E-state index in [-0.39, 0.29) is 23.8 Å². The monoisotopic (exact) mass is 479 g/mol. The van der Waals surface area contributed by atoms with Crippen LogP contribution in [-0.4, -0.2) is 55.2 Å². The van der Waals surface area contributed by atoms with Crippen LogP contribution in [0.2, 0.25) is 0 Å². The average Bonchev–Trinajstić information content (AvgIpc) is 3.42. The van der Waals surface area contributed by atoms with Gasteiger partial charge < -0.3 is 25.4 Å². The van der Waals surface area contributed by atoms with Gasteiger partial charge in [0, 0.05) is 43.0 Å². The summed E-state index contributed by atoms with van der Waals surface area (Å²) >= 11 is 0. The molecule has 4 rings (SSSR count). The van der Waals surface area contributed by atoms with Crippen molar-refractivity contribution in [3.63, 3.8) is 0 Å². The highest BCUT2D eigenvalue weighted by Crippen LogP contribution is 2.28. The third kappa shape index (κ3) is 6.74. The molecule has 0 spiro atoms. The van der Waals surface area contributed by atoms with E-state index in [4.69, 9.17) is 9.84 Å². The summed E-state index contributed by atoms with van der Waals surface area (Å²) in [5.74, 6) is -0.715. The van der Waals surface area contributed by atoms with Crippen LogP contribution >= 0.6 is 0 Å². The van der Waals surface area contributed by atoms with Gasteiger partial charge in [-0.25, -0.2) is 0 Å². The molecule has 8 heteroatoms. The van der Waals surface area contributed by atoms with Gasteiger partial charge in [-0.3, -0.25) is 14.4 Å². The van der Waals surface area contributed by atoms with E-state index < -0.39 is 5.97 Å².